The molecule has 0 aliphatic carbocycles. The number of aromatic nitrogens is 2. The maximum atomic E-state index is 13.4. The number of aryl methyl sites for hydroxylation is 1. The summed E-state index contributed by atoms with van der Waals surface area (Å²) in [6, 6.07) is 4.82. The van der Waals surface area contributed by atoms with Crippen molar-refractivity contribution < 1.29 is 4.39 Å². The van der Waals surface area contributed by atoms with Gasteiger partial charge in [0, 0.05) is 36.3 Å². The zero-order valence-electron chi connectivity index (χ0n) is 12.9. The average molecular weight is 321 g/mol. The molecule has 118 valence electrons. The summed E-state index contributed by atoms with van der Waals surface area (Å²) in [7, 11) is 1.71. The number of nitrogens with zero attached hydrogens (tertiary/aromatic N) is 2. The van der Waals surface area contributed by atoms with Crippen molar-refractivity contribution in [3.8, 4) is 0 Å². The Hall–Kier alpha value is -2.02. The van der Waals surface area contributed by atoms with E-state index in [1.165, 1.54) is 6.07 Å². The van der Waals surface area contributed by atoms with Crippen molar-refractivity contribution in [3.05, 3.63) is 47.0 Å². The third kappa shape index (κ3) is 4.24. The summed E-state index contributed by atoms with van der Waals surface area (Å²) in [5, 5.41) is 13.3. The van der Waals surface area contributed by atoms with Gasteiger partial charge >= 0.3 is 0 Å². The van der Waals surface area contributed by atoms with E-state index in [-0.39, 0.29) is 5.82 Å². The molecular weight excluding hydrogens is 301 g/mol. The highest BCUT2D eigenvalue weighted by Gasteiger charge is 2.06. The average Bonchev–Trinajstić information content (AvgIpc) is 2.93. The number of thioether (sulfide) groups is 1. The largest absolute Gasteiger partial charge is 0.352 e. The molecule has 0 fully saturated rings. The summed E-state index contributed by atoms with van der Waals surface area (Å²) in [4.78, 5) is 5.22. The molecule has 0 aliphatic rings. The van der Waals surface area contributed by atoms with Crippen molar-refractivity contribution in [2.45, 2.75) is 24.9 Å². The van der Waals surface area contributed by atoms with Crippen molar-refractivity contribution in [2.75, 3.05) is 13.3 Å². The Morgan fingerprint density at radius 2 is 2.05 bits per heavy atom. The zero-order valence-corrected chi connectivity index (χ0v) is 13.7. The molecule has 2 aromatic rings. The van der Waals surface area contributed by atoms with Gasteiger partial charge in [-0.2, -0.15) is 5.10 Å². The second-order valence-corrected chi connectivity index (χ2v) is 5.60. The van der Waals surface area contributed by atoms with Crippen molar-refractivity contribution >= 4 is 17.7 Å². The fraction of sp³-hybridized carbons (Fsp3) is 0.333. The van der Waals surface area contributed by atoms with Crippen molar-refractivity contribution in [1.29, 1.82) is 0 Å². The molecule has 0 unspecified atom stereocenters. The fourth-order valence-electron chi connectivity index (χ4n) is 2.02. The molecule has 1 aromatic heterocycles. The first-order valence-corrected chi connectivity index (χ1v) is 8.12. The molecule has 1 aromatic carbocycles. The van der Waals surface area contributed by atoms with Crippen LogP contribution in [0.4, 0.5) is 4.39 Å². The monoisotopic (exact) mass is 321 g/mol. The van der Waals surface area contributed by atoms with E-state index in [1.807, 2.05) is 13.2 Å². The first-order valence-electron chi connectivity index (χ1n) is 6.89. The molecule has 0 spiro atoms. The minimum atomic E-state index is -0.230. The Labute approximate surface area is 133 Å². The maximum absolute atomic E-state index is 13.4. The van der Waals surface area contributed by atoms with E-state index >= 15 is 0 Å². The van der Waals surface area contributed by atoms with Crippen LogP contribution in [0, 0.1) is 12.7 Å². The lowest BCUT2D eigenvalue weighted by Crippen LogP contribution is -2.36. The van der Waals surface area contributed by atoms with Crippen LogP contribution in [0.15, 0.2) is 34.3 Å². The highest BCUT2D eigenvalue weighted by molar-refractivity contribution is 7.98. The Kier molecular flexibility index (Phi) is 5.83. The van der Waals surface area contributed by atoms with E-state index < -0.39 is 0 Å². The highest BCUT2D eigenvalue weighted by Crippen LogP contribution is 2.21. The van der Waals surface area contributed by atoms with Gasteiger partial charge in [0.25, 0.3) is 0 Å². The topological polar surface area (TPSA) is 65.1 Å². The summed E-state index contributed by atoms with van der Waals surface area (Å²) < 4.78 is 13.4. The van der Waals surface area contributed by atoms with Gasteiger partial charge in [-0.3, -0.25) is 10.1 Å². The molecular formula is C15H20FN5S. The number of halogens is 1. The fourth-order valence-corrected chi connectivity index (χ4v) is 2.62. The van der Waals surface area contributed by atoms with E-state index in [0.29, 0.717) is 19.0 Å². The zero-order chi connectivity index (χ0) is 15.9. The third-order valence-electron chi connectivity index (χ3n) is 3.29. The van der Waals surface area contributed by atoms with Crippen LogP contribution in [-0.4, -0.2) is 29.5 Å². The molecule has 1 heterocycles. The number of H-pyrrole nitrogens is 1. The number of benzene rings is 1. The SMILES string of the molecule is CN=C(NCc1cc(F)ccc1SC)NCc1cn[nH]c1C. The number of rotatable bonds is 5. The van der Waals surface area contributed by atoms with E-state index in [1.54, 1.807) is 37.1 Å². The molecule has 7 heteroatoms. The van der Waals surface area contributed by atoms with Gasteiger partial charge in [0.2, 0.25) is 0 Å². The number of aromatic amines is 1. The highest BCUT2D eigenvalue weighted by atomic mass is 32.2. The maximum Gasteiger partial charge on any atom is 0.191 e. The van der Waals surface area contributed by atoms with E-state index in [9.17, 15) is 4.39 Å². The second kappa shape index (κ2) is 7.84. The third-order valence-corrected chi connectivity index (χ3v) is 4.13. The number of nitrogens with one attached hydrogen (secondary N) is 3. The first kappa shape index (κ1) is 16.4. The molecule has 2 rings (SSSR count). The van der Waals surface area contributed by atoms with Crippen LogP contribution in [0.5, 0.6) is 0 Å². The van der Waals surface area contributed by atoms with Crippen LogP contribution in [-0.2, 0) is 13.1 Å². The lowest BCUT2D eigenvalue weighted by Gasteiger charge is -2.13. The number of aliphatic imine (C=N–C) groups is 1. The number of hydrogen-bond acceptors (Lipinski definition) is 3. The van der Waals surface area contributed by atoms with E-state index in [4.69, 9.17) is 0 Å². The molecule has 5 nitrogen and oxygen atoms in total. The normalized spacial score (nSPS) is 11.5. The smallest absolute Gasteiger partial charge is 0.191 e. The molecule has 3 N–H and O–H groups in total. The minimum absolute atomic E-state index is 0.230. The summed E-state index contributed by atoms with van der Waals surface area (Å²) in [6.07, 6.45) is 3.76. The molecule has 0 saturated heterocycles. The molecule has 0 radical (unpaired) electrons. The van der Waals surface area contributed by atoms with Gasteiger partial charge in [-0.15, -0.1) is 11.8 Å². The van der Waals surface area contributed by atoms with Crippen LogP contribution in [0.1, 0.15) is 16.8 Å². The number of guanidine groups is 1. The predicted octanol–water partition coefficient (Wildman–Crippen LogP) is 2.44. The lowest BCUT2D eigenvalue weighted by atomic mass is 10.2. The van der Waals surface area contributed by atoms with Gasteiger partial charge in [-0.05, 0) is 36.9 Å². The van der Waals surface area contributed by atoms with Crippen LogP contribution in [0.25, 0.3) is 0 Å². The van der Waals surface area contributed by atoms with Gasteiger partial charge in [0.1, 0.15) is 5.82 Å². The van der Waals surface area contributed by atoms with Crippen LogP contribution in [0.3, 0.4) is 0 Å². The Morgan fingerprint density at radius 1 is 1.32 bits per heavy atom. The van der Waals surface area contributed by atoms with Crippen LogP contribution >= 0.6 is 11.8 Å². The van der Waals surface area contributed by atoms with Crippen molar-refractivity contribution in [1.82, 2.24) is 20.8 Å². The Balaban J connectivity index is 1.94. The minimum Gasteiger partial charge on any atom is -0.352 e. The predicted molar refractivity (Wildman–Crippen MR) is 88.5 cm³/mol. The van der Waals surface area contributed by atoms with Gasteiger partial charge < -0.3 is 10.6 Å². The van der Waals surface area contributed by atoms with E-state index in [0.717, 1.165) is 21.7 Å². The van der Waals surface area contributed by atoms with Crippen LogP contribution in [0.2, 0.25) is 0 Å². The molecule has 0 amide bonds. The standard InChI is InChI=1S/C15H20FN5S/c1-10-12(9-20-21-10)8-19-15(17-2)18-7-11-6-13(16)4-5-14(11)22-3/h4-6,9H,7-8H2,1-3H3,(H,20,21)(H2,17,18,19). The lowest BCUT2D eigenvalue weighted by molar-refractivity contribution is 0.622. The molecule has 0 atom stereocenters. The van der Waals surface area contributed by atoms with Crippen molar-refractivity contribution in [2.24, 2.45) is 4.99 Å². The molecule has 0 aliphatic heterocycles. The van der Waals surface area contributed by atoms with Crippen LogP contribution < -0.4 is 10.6 Å². The summed E-state index contributed by atoms with van der Waals surface area (Å²) in [5.74, 6) is 0.434. The Morgan fingerprint density at radius 3 is 2.64 bits per heavy atom. The van der Waals surface area contributed by atoms with E-state index in [2.05, 4.69) is 25.8 Å². The summed E-state index contributed by atoms with van der Waals surface area (Å²) >= 11 is 1.60. The van der Waals surface area contributed by atoms with Gasteiger partial charge in [-0.1, -0.05) is 0 Å². The first-order chi connectivity index (χ1) is 10.6. The molecule has 0 saturated carbocycles. The Bertz CT molecular complexity index is 653. The van der Waals surface area contributed by atoms with Gasteiger partial charge in [-0.25, -0.2) is 4.39 Å². The van der Waals surface area contributed by atoms with Gasteiger partial charge in [0.05, 0.1) is 6.20 Å². The van der Waals surface area contributed by atoms with Gasteiger partial charge in [0.15, 0.2) is 5.96 Å². The number of hydrogen-bond donors (Lipinski definition) is 3. The quantitative estimate of drug-likeness (QED) is 0.450. The molecule has 0 bridgehead atoms. The van der Waals surface area contributed by atoms with Crippen molar-refractivity contribution in [3.63, 3.8) is 0 Å². The summed E-state index contributed by atoms with van der Waals surface area (Å²) in [6.45, 7) is 3.11. The molecule has 22 heavy (non-hydrogen) atoms. The second-order valence-electron chi connectivity index (χ2n) is 4.76. The summed E-state index contributed by atoms with van der Waals surface area (Å²) in [5.41, 5.74) is 3.02.